The van der Waals surface area contributed by atoms with Crippen molar-refractivity contribution in [2.24, 2.45) is 4.99 Å². The normalized spacial score (nSPS) is 15.2. The van der Waals surface area contributed by atoms with Crippen molar-refractivity contribution in [1.82, 2.24) is 9.88 Å². The number of aliphatic imine (C=N–C) groups is 1. The summed E-state index contributed by atoms with van der Waals surface area (Å²) in [7, 11) is 0. The van der Waals surface area contributed by atoms with E-state index in [0.717, 1.165) is 28.1 Å². The van der Waals surface area contributed by atoms with Crippen LogP contribution in [0.1, 0.15) is 39.1 Å². The molecule has 29 heavy (non-hydrogen) atoms. The number of halogens is 1. The number of hydrogen-bond acceptors (Lipinski definition) is 3. The topological polar surface area (TPSA) is 45.6 Å². The van der Waals surface area contributed by atoms with Gasteiger partial charge in [0.1, 0.15) is 0 Å². The highest BCUT2D eigenvalue weighted by Gasteiger charge is 2.27. The van der Waals surface area contributed by atoms with Crippen LogP contribution in [0, 0.1) is 6.92 Å². The minimum Gasteiger partial charge on any atom is -0.334 e. The van der Waals surface area contributed by atoms with Crippen molar-refractivity contribution in [2.75, 3.05) is 0 Å². The fourth-order valence-electron chi connectivity index (χ4n) is 4.16. The van der Waals surface area contributed by atoms with Crippen LogP contribution >= 0.6 is 11.6 Å². The number of hydrogen-bond donors (Lipinski definition) is 0. The number of rotatable bonds is 3. The number of pyridine rings is 1. The number of nitrogens with zero attached hydrogens (tertiary/aromatic N) is 3. The quantitative estimate of drug-likeness (QED) is 0.649. The maximum atomic E-state index is 12.7. The number of benzene rings is 2. The van der Waals surface area contributed by atoms with Gasteiger partial charge in [-0.2, -0.15) is 0 Å². The zero-order chi connectivity index (χ0) is 20.0. The molecule has 0 radical (unpaired) electrons. The Kier molecular flexibility index (Phi) is 4.44. The van der Waals surface area contributed by atoms with E-state index in [1.54, 1.807) is 0 Å². The molecule has 0 atom stereocenters. The van der Waals surface area contributed by atoms with E-state index in [-0.39, 0.29) is 5.91 Å². The zero-order valence-corrected chi connectivity index (χ0v) is 16.9. The third-order valence-corrected chi connectivity index (χ3v) is 5.81. The lowest BCUT2D eigenvalue weighted by atomic mass is 9.91. The molecular weight excluding hydrogens is 382 g/mol. The molecule has 5 rings (SSSR count). The first-order chi connectivity index (χ1) is 14.1. The van der Waals surface area contributed by atoms with Gasteiger partial charge in [0, 0.05) is 41.1 Å². The van der Waals surface area contributed by atoms with E-state index in [4.69, 9.17) is 16.6 Å². The molecule has 1 aromatic heterocycles. The van der Waals surface area contributed by atoms with Crippen LogP contribution in [0.5, 0.6) is 0 Å². The van der Waals surface area contributed by atoms with Gasteiger partial charge >= 0.3 is 0 Å². The molecule has 0 saturated heterocycles. The molecule has 5 heteroatoms. The number of carbonyl (C=O) groups is 1. The Morgan fingerprint density at radius 1 is 1.07 bits per heavy atom. The van der Waals surface area contributed by atoms with Crippen molar-refractivity contribution in [3.05, 3.63) is 98.8 Å². The second-order valence-corrected chi connectivity index (χ2v) is 8.12. The Labute approximate surface area is 174 Å². The van der Waals surface area contributed by atoms with Gasteiger partial charge in [-0.25, -0.2) is 0 Å². The van der Waals surface area contributed by atoms with Crippen molar-refractivity contribution >= 4 is 23.2 Å². The van der Waals surface area contributed by atoms with Crippen LogP contribution in [0.4, 0.5) is 0 Å². The first-order valence-corrected chi connectivity index (χ1v) is 10.1. The molecule has 0 aliphatic carbocycles. The van der Waals surface area contributed by atoms with Crippen molar-refractivity contribution in [2.45, 2.75) is 33.0 Å². The van der Waals surface area contributed by atoms with Crippen LogP contribution < -0.4 is 0 Å². The highest BCUT2D eigenvalue weighted by Crippen LogP contribution is 2.30. The first-order valence-electron chi connectivity index (χ1n) is 9.71. The smallest absolute Gasteiger partial charge is 0.227 e. The summed E-state index contributed by atoms with van der Waals surface area (Å²) in [6.07, 6.45) is 2.27. The van der Waals surface area contributed by atoms with E-state index < -0.39 is 0 Å². The first kappa shape index (κ1) is 18.1. The van der Waals surface area contributed by atoms with E-state index in [1.807, 2.05) is 48.4 Å². The number of fused-ring (bicyclic) bond motifs is 2. The van der Waals surface area contributed by atoms with E-state index in [0.29, 0.717) is 31.1 Å². The number of aryl methyl sites for hydroxylation is 1. The molecule has 0 saturated carbocycles. The van der Waals surface area contributed by atoms with Gasteiger partial charge in [-0.05, 0) is 59.5 Å². The molecule has 1 amide bonds. The maximum absolute atomic E-state index is 12.7. The number of amides is 1. The van der Waals surface area contributed by atoms with Crippen LogP contribution in [-0.4, -0.2) is 21.5 Å². The molecule has 144 valence electrons. The molecule has 3 aromatic rings. The lowest BCUT2D eigenvalue weighted by Crippen LogP contribution is -2.35. The van der Waals surface area contributed by atoms with Gasteiger partial charge in [0.15, 0.2) is 0 Å². The van der Waals surface area contributed by atoms with Gasteiger partial charge in [0.2, 0.25) is 5.91 Å². The molecular formula is C24H20ClN3O. The molecule has 2 aliphatic rings. The van der Waals surface area contributed by atoms with E-state index in [2.05, 4.69) is 23.2 Å². The van der Waals surface area contributed by atoms with Crippen LogP contribution in [0.25, 0.3) is 0 Å². The molecule has 0 bridgehead atoms. The lowest BCUT2D eigenvalue weighted by Gasteiger charge is -2.29. The molecule has 2 aromatic carbocycles. The SMILES string of the molecule is Cc1cc(C2=NCc3cc4c(cc32)CN(Cc2cccc(Cl)c2)C(=O)C4)ccn1. The number of aromatic nitrogens is 1. The van der Waals surface area contributed by atoms with Gasteiger partial charge in [-0.1, -0.05) is 29.8 Å². The van der Waals surface area contributed by atoms with E-state index in [9.17, 15) is 4.79 Å². The second-order valence-electron chi connectivity index (χ2n) is 7.69. The Morgan fingerprint density at radius 2 is 1.97 bits per heavy atom. The van der Waals surface area contributed by atoms with Crippen LogP contribution in [0.3, 0.4) is 0 Å². The summed E-state index contributed by atoms with van der Waals surface area (Å²) in [6, 6.07) is 16.2. The third kappa shape index (κ3) is 3.45. The van der Waals surface area contributed by atoms with Crippen molar-refractivity contribution in [3.63, 3.8) is 0 Å². The van der Waals surface area contributed by atoms with Crippen LogP contribution in [-0.2, 0) is 30.8 Å². The summed E-state index contributed by atoms with van der Waals surface area (Å²) in [6.45, 7) is 3.84. The highest BCUT2D eigenvalue weighted by molar-refractivity contribution is 6.30. The van der Waals surface area contributed by atoms with E-state index >= 15 is 0 Å². The summed E-state index contributed by atoms with van der Waals surface area (Å²) >= 11 is 6.11. The average molecular weight is 402 g/mol. The minimum absolute atomic E-state index is 0.154. The third-order valence-electron chi connectivity index (χ3n) is 5.58. The fraction of sp³-hybridized carbons (Fsp3) is 0.208. The van der Waals surface area contributed by atoms with Crippen LogP contribution in [0.2, 0.25) is 5.02 Å². The van der Waals surface area contributed by atoms with Gasteiger partial charge < -0.3 is 4.90 Å². The van der Waals surface area contributed by atoms with Crippen LogP contribution in [0.15, 0.2) is 59.7 Å². The van der Waals surface area contributed by atoms with Crippen molar-refractivity contribution in [1.29, 1.82) is 0 Å². The monoisotopic (exact) mass is 401 g/mol. The highest BCUT2D eigenvalue weighted by atomic mass is 35.5. The summed E-state index contributed by atoms with van der Waals surface area (Å²) in [4.78, 5) is 23.7. The van der Waals surface area contributed by atoms with Crippen molar-refractivity contribution in [3.8, 4) is 0 Å². The fourth-order valence-corrected chi connectivity index (χ4v) is 4.37. The molecule has 4 nitrogen and oxygen atoms in total. The van der Waals surface area contributed by atoms with E-state index in [1.165, 1.54) is 16.7 Å². The summed E-state index contributed by atoms with van der Waals surface area (Å²) in [5.41, 5.74) is 8.84. The molecule has 0 unspecified atom stereocenters. The van der Waals surface area contributed by atoms with Crippen molar-refractivity contribution < 1.29 is 4.79 Å². The summed E-state index contributed by atoms with van der Waals surface area (Å²) in [5.74, 6) is 0.154. The summed E-state index contributed by atoms with van der Waals surface area (Å²) in [5, 5.41) is 0.693. The largest absolute Gasteiger partial charge is 0.334 e. The second kappa shape index (κ2) is 7.12. The minimum atomic E-state index is 0.154. The molecule has 3 heterocycles. The average Bonchev–Trinajstić information content (AvgIpc) is 3.10. The van der Waals surface area contributed by atoms with Gasteiger partial charge in [-0.3, -0.25) is 14.8 Å². The lowest BCUT2D eigenvalue weighted by molar-refractivity contribution is -0.132. The molecule has 0 spiro atoms. The zero-order valence-electron chi connectivity index (χ0n) is 16.2. The predicted octanol–water partition coefficient (Wildman–Crippen LogP) is 4.48. The predicted molar refractivity (Wildman–Crippen MR) is 114 cm³/mol. The summed E-state index contributed by atoms with van der Waals surface area (Å²) < 4.78 is 0. The molecule has 0 fully saturated rings. The van der Waals surface area contributed by atoms with Gasteiger partial charge in [-0.15, -0.1) is 0 Å². The Bertz CT molecular complexity index is 1170. The Hall–Kier alpha value is -2.98. The Balaban J connectivity index is 1.46. The maximum Gasteiger partial charge on any atom is 0.227 e. The van der Waals surface area contributed by atoms with Gasteiger partial charge in [0.25, 0.3) is 0 Å². The Morgan fingerprint density at radius 3 is 2.79 bits per heavy atom. The van der Waals surface area contributed by atoms with Gasteiger partial charge in [0.05, 0.1) is 18.7 Å². The number of carbonyl (C=O) groups excluding carboxylic acids is 1. The standard InChI is InChI=1S/C24H20ClN3O/c1-15-7-17(5-6-26-15)24-22-10-20-14-28(13-16-3-2-4-21(25)8-16)23(29)11-18(20)9-19(22)12-27-24/h2-10H,11-14H2,1H3. The molecule has 2 aliphatic heterocycles. The molecule has 0 N–H and O–H groups in total.